The second kappa shape index (κ2) is 3.88. The van der Waals surface area contributed by atoms with Crippen molar-refractivity contribution >= 4 is 29.0 Å². The number of nitrogens with zero attached hydrogens (tertiary/aromatic N) is 3. The Bertz CT molecular complexity index is 477. The Morgan fingerprint density at radius 1 is 1.47 bits per heavy atom. The molecule has 5 heteroatoms. The van der Waals surface area contributed by atoms with E-state index in [0.717, 1.165) is 37.3 Å². The lowest BCUT2D eigenvalue weighted by Crippen LogP contribution is -2.54. The molecular formula is C12H14ClN3O. The number of aromatic nitrogens is 1. The largest absolute Gasteiger partial charge is 0.343 e. The Morgan fingerprint density at radius 2 is 2.29 bits per heavy atom. The zero-order valence-corrected chi connectivity index (χ0v) is 10.4. The highest BCUT2D eigenvalue weighted by molar-refractivity contribution is 6.31. The molecule has 1 aromatic rings. The van der Waals surface area contributed by atoms with Gasteiger partial charge in [0, 0.05) is 19.8 Å². The van der Waals surface area contributed by atoms with Crippen LogP contribution in [-0.2, 0) is 4.79 Å². The number of piperidine rings is 1. The van der Waals surface area contributed by atoms with E-state index in [1.54, 1.807) is 18.1 Å². The Balaban J connectivity index is 2.12. The van der Waals surface area contributed by atoms with Gasteiger partial charge in [0.1, 0.15) is 6.04 Å². The normalized spacial score (nSPS) is 23.4. The van der Waals surface area contributed by atoms with Crippen molar-refractivity contribution in [3.05, 3.63) is 17.3 Å². The van der Waals surface area contributed by atoms with Crippen molar-refractivity contribution in [2.24, 2.45) is 0 Å². The van der Waals surface area contributed by atoms with E-state index in [1.165, 1.54) is 0 Å². The SMILES string of the molecule is CN1C(=O)C2CCCCN2c2ncc(Cl)cc21. The molecule has 1 fully saturated rings. The molecule has 2 aliphatic heterocycles. The maximum Gasteiger partial charge on any atom is 0.249 e. The Morgan fingerprint density at radius 3 is 3.12 bits per heavy atom. The number of carbonyl (C=O) groups excluding carboxylic acids is 1. The molecule has 2 aliphatic rings. The van der Waals surface area contributed by atoms with Gasteiger partial charge in [-0.2, -0.15) is 0 Å². The highest BCUT2D eigenvalue weighted by Gasteiger charge is 2.38. The lowest BCUT2D eigenvalue weighted by Gasteiger charge is -2.43. The summed E-state index contributed by atoms with van der Waals surface area (Å²) in [6.45, 7) is 0.909. The van der Waals surface area contributed by atoms with Crippen molar-refractivity contribution in [1.82, 2.24) is 4.98 Å². The minimum absolute atomic E-state index is 0.0325. The molecule has 0 saturated carbocycles. The van der Waals surface area contributed by atoms with Crippen LogP contribution in [0, 0.1) is 0 Å². The van der Waals surface area contributed by atoms with Gasteiger partial charge in [0.2, 0.25) is 5.91 Å². The van der Waals surface area contributed by atoms with Gasteiger partial charge in [0.05, 0.1) is 10.7 Å². The number of halogens is 1. The van der Waals surface area contributed by atoms with E-state index in [9.17, 15) is 4.79 Å². The summed E-state index contributed by atoms with van der Waals surface area (Å²) in [5.41, 5.74) is 0.820. The first-order valence-corrected chi connectivity index (χ1v) is 6.26. The molecule has 1 atom stereocenters. The summed E-state index contributed by atoms with van der Waals surface area (Å²) in [4.78, 5) is 20.4. The van der Waals surface area contributed by atoms with E-state index < -0.39 is 0 Å². The number of rotatable bonds is 0. The fourth-order valence-corrected chi connectivity index (χ4v) is 2.83. The number of fused-ring (bicyclic) bond motifs is 3. The average Bonchev–Trinajstić information content (AvgIpc) is 2.36. The van der Waals surface area contributed by atoms with Gasteiger partial charge in [-0.05, 0) is 25.3 Å². The van der Waals surface area contributed by atoms with Crippen LogP contribution in [0.3, 0.4) is 0 Å². The molecule has 1 aromatic heterocycles. The number of likely N-dealkylation sites (N-methyl/N-ethyl adjacent to an activating group) is 1. The number of amides is 1. The molecule has 3 heterocycles. The van der Waals surface area contributed by atoms with Gasteiger partial charge >= 0.3 is 0 Å². The first kappa shape index (κ1) is 10.8. The summed E-state index contributed by atoms with van der Waals surface area (Å²) in [6.07, 6.45) is 4.81. The highest BCUT2D eigenvalue weighted by atomic mass is 35.5. The van der Waals surface area contributed by atoms with E-state index in [-0.39, 0.29) is 11.9 Å². The summed E-state index contributed by atoms with van der Waals surface area (Å²) < 4.78 is 0. The van der Waals surface area contributed by atoms with Crippen molar-refractivity contribution in [3.8, 4) is 0 Å². The fourth-order valence-electron chi connectivity index (χ4n) is 2.67. The molecule has 4 nitrogen and oxygen atoms in total. The predicted molar refractivity (Wildman–Crippen MR) is 67.6 cm³/mol. The van der Waals surface area contributed by atoms with E-state index in [4.69, 9.17) is 11.6 Å². The first-order valence-electron chi connectivity index (χ1n) is 5.88. The summed E-state index contributed by atoms with van der Waals surface area (Å²) in [5, 5.41) is 0.568. The van der Waals surface area contributed by atoms with E-state index >= 15 is 0 Å². The van der Waals surface area contributed by atoms with Crippen molar-refractivity contribution in [1.29, 1.82) is 0 Å². The molecular weight excluding hydrogens is 238 g/mol. The maximum atomic E-state index is 12.2. The highest BCUT2D eigenvalue weighted by Crippen LogP contribution is 2.38. The molecule has 0 aliphatic carbocycles. The van der Waals surface area contributed by atoms with Crippen LogP contribution in [0.1, 0.15) is 19.3 Å². The first-order chi connectivity index (χ1) is 8.18. The topological polar surface area (TPSA) is 36.4 Å². The molecule has 1 amide bonds. The third-order valence-corrected chi connectivity index (χ3v) is 3.77. The lowest BCUT2D eigenvalue weighted by molar-refractivity contribution is -0.120. The smallest absolute Gasteiger partial charge is 0.249 e. The van der Waals surface area contributed by atoms with Gasteiger partial charge in [0.15, 0.2) is 5.82 Å². The zero-order chi connectivity index (χ0) is 12.0. The van der Waals surface area contributed by atoms with Crippen molar-refractivity contribution in [2.45, 2.75) is 25.3 Å². The number of hydrogen-bond acceptors (Lipinski definition) is 3. The molecule has 3 rings (SSSR count). The van der Waals surface area contributed by atoms with Gasteiger partial charge in [-0.3, -0.25) is 4.79 Å². The molecule has 0 bridgehead atoms. The molecule has 1 saturated heterocycles. The molecule has 1 unspecified atom stereocenters. The van der Waals surface area contributed by atoms with Gasteiger partial charge in [-0.15, -0.1) is 0 Å². The Labute approximate surface area is 105 Å². The van der Waals surface area contributed by atoms with E-state index in [2.05, 4.69) is 9.88 Å². The lowest BCUT2D eigenvalue weighted by atomic mass is 9.98. The number of hydrogen-bond donors (Lipinski definition) is 0. The Kier molecular flexibility index (Phi) is 2.47. The van der Waals surface area contributed by atoms with Crippen LogP contribution in [0.4, 0.5) is 11.5 Å². The van der Waals surface area contributed by atoms with Gasteiger partial charge < -0.3 is 9.80 Å². The monoisotopic (exact) mass is 251 g/mol. The molecule has 0 spiro atoms. The van der Waals surface area contributed by atoms with Crippen LogP contribution in [0.15, 0.2) is 12.3 Å². The quantitative estimate of drug-likeness (QED) is 0.708. The third-order valence-electron chi connectivity index (χ3n) is 3.57. The van der Waals surface area contributed by atoms with Crippen LogP contribution in [0.25, 0.3) is 0 Å². The molecule has 17 heavy (non-hydrogen) atoms. The van der Waals surface area contributed by atoms with Gasteiger partial charge in [-0.25, -0.2) is 4.98 Å². The molecule has 0 N–H and O–H groups in total. The van der Waals surface area contributed by atoms with Crippen LogP contribution in [0.5, 0.6) is 0 Å². The minimum Gasteiger partial charge on any atom is -0.343 e. The van der Waals surface area contributed by atoms with Crippen molar-refractivity contribution < 1.29 is 4.79 Å². The van der Waals surface area contributed by atoms with E-state index in [0.29, 0.717) is 5.02 Å². The van der Waals surface area contributed by atoms with Crippen molar-refractivity contribution in [3.63, 3.8) is 0 Å². The van der Waals surface area contributed by atoms with Gasteiger partial charge in [0.25, 0.3) is 0 Å². The average molecular weight is 252 g/mol. The standard InChI is InChI=1S/C12H14ClN3O/c1-15-10-6-8(13)7-14-11(10)16-5-3-2-4-9(16)12(15)17/h6-7,9H,2-5H2,1H3. The van der Waals surface area contributed by atoms with E-state index in [1.807, 2.05) is 6.07 Å². The molecule has 90 valence electrons. The zero-order valence-electron chi connectivity index (χ0n) is 9.69. The second-order valence-electron chi connectivity index (χ2n) is 4.60. The van der Waals surface area contributed by atoms with Crippen LogP contribution < -0.4 is 9.80 Å². The summed E-state index contributed by atoms with van der Waals surface area (Å²) in [7, 11) is 1.80. The predicted octanol–water partition coefficient (Wildman–Crippen LogP) is 2.07. The summed E-state index contributed by atoms with van der Waals surface area (Å²) in [5.74, 6) is 1.04. The van der Waals surface area contributed by atoms with Gasteiger partial charge in [-0.1, -0.05) is 11.6 Å². The maximum absolute atomic E-state index is 12.2. The third kappa shape index (κ3) is 1.59. The summed E-state index contributed by atoms with van der Waals surface area (Å²) in [6, 6.07) is 1.78. The second-order valence-corrected chi connectivity index (χ2v) is 5.03. The number of pyridine rings is 1. The minimum atomic E-state index is -0.0325. The van der Waals surface area contributed by atoms with Crippen molar-refractivity contribution in [2.75, 3.05) is 23.4 Å². The van der Waals surface area contributed by atoms with Crippen LogP contribution in [-0.4, -0.2) is 30.5 Å². The Hall–Kier alpha value is -1.29. The molecule has 0 radical (unpaired) electrons. The molecule has 0 aromatic carbocycles. The van der Waals surface area contributed by atoms with Crippen LogP contribution >= 0.6 is 11.6 Å². The number of carbonyl (C=O) groups is 1. The fraction of sp³-hybridized carbons (Fsp3) is 0.500. The van der Waals surface area contributed by atoms with Crippen LogP contribution in [0.2, 0.25) is 5.02 Å². The summed E-state index contributed by atoms with van der Waals surface area (Å²) >= 11 is 5.95. The number of anilines is 2.